The maximum Gasteiger partial charge on any atom is 0.150 e. The fraction of sp³-hybridized carbons (Fsp3) is 1.00. The van der Waals surface area contributed by atoms with Gasteiger partial charge in [0, 0.05) is 19.3 Å². The SMILES string of the molecule is CCCCOCCCNC1CCS(=O)(=O)CC1. The minimum absolute atomic E-state index is 0.345. The highest BCUT2D eigenvalue weighted by Crippen LogP contribution is 2.11. The molecule has 0 saturated carbocycles. The normalized spacial score (nSPS) is 20.5. The Hall–Kier alpha value is -0.130. The highest BCUT2D eigenvalue weighted by molar-refractivity contribution is 7.91. The van der Waals surface area contributed by atoms with Crippen molar-refractivity contribution in [3.05, 3.63) is 0 Å². The van der Waals surface area contributed by atoms with Crippen LogP contribution in [0.1, 0.15) is 39.0 Å². The summed E-state index contributed by atoms with van der Waals surface area (Å²) in [6, 6.07) is 0.383. The Morgan fingerprint density at radius 3 is 2.47 bits per heavy atom. The topological polar surface area (TPSA) is 55.4 Å². The van der Waals surface area contributed by atoms with Crippen LogP contribution in [-0.4, -0.2) is 45.7 Å². The molecule has 0 aromatic heterocycles. The predicted octanol–water partition coefficient (Wildman–Crippen LogP) is 1.36. The molecule has 0 unspecified atom stereocenters. The Kier molecular flexibility index (Phi) is 7.08. The smallest absolute Gasteiger partial charge is 0.150 e. The number of nitrogens with one attached hydrogen (secondary N) is 1. The van der Waals surface area contributed by atoms with E-state index in [1.165, 1.54) is 6.42 Å². The molecule has 0 atom stereocenters. The van der Waals surface area contributed by atoms with Gasteiger partial charge in [-0.3, -0.25) is 0 Å². The molecule has 4 nitrogen and oxygen atoms in total. The lowest BCUT2D eigenvalue weighted by Crippen LogP contribution is -2.38. The van der Waals surface area contributed by atoms with E-state index in [2.05, 4.69) is 12.2 Å². The quantitative estimate of drug-likeness (QED) is 0.672. The molecule has 0 amide bonds. The highest BCUT2D eigenvalue weighted by atomic mass is 32.2. The van der Waals surface area contributed by atoms with E-state index in [0.29, 0.717) is 17.5 Å². The van der Waals surface area contributed by atoms with Crippen molar-refractivity contribution in [1.29, 1.82) is 0 Å². The van der Waals surface area contributed by atoms with E-state index in [9.17, 15) is 8.42 Å². The Morgan fingerprint density at radius 2 is 1.82 bits per heavy atom. The Bertz CT molecular complexity index is 276. The Balaban J connectivity index is 1.94. The molecule has 1 aliphatic rings. The average molecular weight is 263 g/mol. The van der Waals surface area contributed by atoms with Gasteiger partial charge in [-0.2, -0.15) is 0 Å². The summed E-state index contributed by atoms with van der Waals surface area (Å²) in [5, 5.41) is 3.41. The van der Waals surface area contributed by atoms with Gasteiger partial charge < -0.3 is 10.1 Å². The van der Waals surface area contributed by atoms with E-state index < -0.39 is 9.84 Å². The highest BCUT2D eigenvalue weighted by Gasteiger charge is 2.22. The van der Waals surface area contributed by atoms with Crippen LogP contribution in [0.4, 0.5) is 0 Å². The minimum atomic E-state index is -2.73. The Morgan fingerprint density at radius 1 is 1.18 bits per heavy atom. The van der Waals surface area contributed by atoms with Crippen LogP contribution >= 0.6 is 0 Å². The molecule has 0 radical (unpaired) electrons. The van der Waals surface area contributed by atoms with Crippen LogP contribution in [0.5, 0.6) is 0 Å². The van der Waals surface area contributed by atoms with Gasteiger partial charge in [0.2, 0.25) is 0 Å². The minimum Gasteiger partial charge on any atom is -0.381 e. The van der Waals surface area contributed by atoms with Gasteiger partial charge in [0.1, 0.15) is 9.84 Å². The van der Waals surface area contributed by atoms with Gasteiger partial charge in [0.25, 0.3) is 0 Å². The lowest BCUT2D eigenvalue weighted by molar-refractivity contribution is 0.128. The summed E-state index contributed by atoms with van der Waals surface area (Å²) in [6.45, 7) is 4.75. The van der Waals surface area contributed by atoms with E-state index in [1.807, 2.05) is 0 Å². The average Bonchev–Trinajstić information content (AvgIpc) is 2.30. The van der Waals surface area contributed by atoms with Crippen LogP contribution in [-0.2, 0) is 14.6 Å². The van der Waals surface area contributed by atoms with Crippen molar-refractivity contribution in [1.82, 2.24) is 5.32 Å². The van der Waals surface area contributed by atoms with Crippen molar-refractivity contribution in [2.45, 2.75) is 45.1 Å². The molecule has 0 bridgehead atoms. The zero-order chi connectivity index (χ0) is 12.6. The number of rotatable bonds is 8. The number of sulfone groups is 1. The van der Waals surface area contributed by atoms with Gasteiger partial charge in [-0.15, -0.1) is 0 Å². The lowest BCUT2D eigenvalue weighted by atomic mass is 10.1. The second kappa shape index (κ2) is 8.06. The van der Waals surface area contributed by atoms with Crippen LogP contribution in [0.15, 0.2) is 0 Å². The predicted molar refractivity (Wildman–Crippen MR) is 70.0 cm³/mol. The van der Waals surface area contributed by atoms with Crippen molar-refractivity contribution >= 4 is 9.84 Å². The van der Waals surface area contributed by atoms with Gasteiger partial charge in [-0.1, -0.05) is 13.3 Å². The molecule has 1 saturated heterocycles. The fourth-order valence-corrected chi connectivity index (χ4v) is 3.41. The molecule has 0 aromatic carbocycles. The van der Waals surface area contributed by atoms with Gasteiger partial charge in [0.05, 0.1) is 11.5 Å². The van der Waals surface area contributed by atoms with Crippen molar-refractivity contribution in [3.8, 4) is 0 Å². The monoisotopic (exact) mass is 263 g/mol. The molecule has 0 spiro atoms. The second-order valence-electron chi connectivity index (χ2n) is 4.70. The summed E-state index contributed by atoms with van der Waals surface area (Å²) < 4.78 is 27.9. The second-order valence-corrected chi connectivity index (χ2v) is 7.00. The molecular formula is C12H25NO3S. The van der Waals surface area contributed by atoms with Gasteiger partial charge in [-0.05, 0) is 32.2 Å². The first kappa shape index (κ1) is 14.9. The summed E-state index contributed by atoms with van der Waals surface area (Å²) in [7, 11) is -2.73. The van der Waals surface area contributed by atoms with Crippen LogP contribution < -0.4 is 5.32 Å². The molecular weight excluding hydrogens is 238 g/mol. The summed E-state index contributed by atoms with van der Waals surface area (Å²) in [5.74, 6) is 0.690. The molecule has 1 heterocycles. The summed E-state index contributed by atoms with van der Waals surface area (Å²) >= 11 is 0. The summed E-state index contributed by atoms with van der Waals surface area (Å²) in [6.07, 6.45) is 4.84. The maximum absolute atomic E-state index is 11.2. The molecule has 1 rings (SSSR count). The van der Waals surface area contributed by atoms with Gasteiger partial charge in [-0.25, -0.2) is 8.42 Å². The van der Waals surface area contributed by atoms with Crippen LogP contribution in [0.2, 0.25) is 0 Å². The van der Waals surface area contributed by atoms with Crippen molar-refractivity contribution in [2.75, 3.05) is 31.3 Å². The number of hydrogen-bond donors (Lipinski definition) is 1. The molecule has 1 fully saturated rings. The largest absolute Gasteiger partial charge is 0.381 e. The van der Waals surface area contributed by atoms with Crippen molar-refractivity contribution < 1.29 is 13.2 Å². The first-order chi connectivity index (χ1) is 8.14. The number of hydrogen-bond acceptors (Lipinski definition) is 4. The maximum atomic E-state index is 11.2. The van der Waals surface area contributed by atoms with Crippen LogP contribution in [0.25, 0.3) is 0 Å². The standard InChI is InChI=1S/C12H25NO3S/c1-2-3-8-16-9-4-7-13-12-5-10-17(14,15)11-6-12/h12-13H,2-11H2,1H3. The first-order valence-corrected chi connectivity index (χ1v) is 8.48. The molecule has 1 N–H and O–H groups in total. The first-order valence-electron chi connectivity index (χ1n) is 6.65. The van der Waals surface area contributed by atoms with E-state index in [0.717, 1.165) is 45.4 Å². The molecule has 17 heavy (non-hydrogen) atoms. The summed E-state index contributed by atoms with van der Waals surface area (Å²) in [4.78, 5) is 0. The van der Waals surface area contributed by atoms with E-state index in [1.54, 1.807) is 0 Å². The third kappa shape index (κ3) is 7.01. The molecule has 1 aliphatic heterocycles. The van der Waals surface area contributed by atoms with E-state index in [-0.39, 0.29) is 0 Å². The van der Waals surface area contributed by atoms with E-state index >= 15 is 0 Å². The molecule has 0 aromatic rings. The fourth-order valence-electron chi connectivity index (χ4n) is 1.92. The molecule has 102 valence electrons. The zero-order valence-electron chi connectivity index (χ0n) is 10.8. The third-order valence-electron chi connectivity index (χ3n) is 3.10. The number of ether oxygens (including phenoxy) is 1. The summed E-state index contributed by atoms with van der Waals surface area (Å²) in [5.41, 5.74) is 0. The van der Waals surface area contributed by atoms with Crippen LogP contribution in [0, 0.1) is 0 Å². The van der Waals surface area contributed by atoms with Crippen LogP contribution in [0.3, 0.4) is 0 Å². The van der Waals surface area contributed by atoms with E-state index in [4.69, 9.17) is 4.74 Å². The van der Waals surface area contributed by atoms with Gasteiger partial charge in [0.15, 0.2) is 0 Å². The van der Waals surface area contributed by atoms with Gasteiger partial charge >= 0.3 is 0 Å². The van der Waals surface area contributed by atoms with Crippen molar-refractivity contribution in [3.63, 3.8) is 0 Å². The Labute approximate surface area is 105 Å². The lowest BCUT2D eigenvalue weighted by Gasteiger charge is -2.23. The zero-order valence-corrected chi connectivity index (χ0v) is 11.6. The molecule has 0 aliphatic carbocycles. The molecule has 5 heteroatoms. The third-order valence-corrected chi connectivity index (χ3v) is 4.81. The van der Waals surface area contributed by atoms with Crippen molar-refractivity contribution in [2.24, 2.45) is 0 Å². The number of unbranched alkanes of at least 4 members (excludes halogenated alkanes) is 1.